The van der Waals surface area contributed by atoms with Gasteiger partial charge in [-0.15, -0.1) is 0 Å². The Kier molecular flexibility index (Phi) is 5.16. The molecule has 0 aromatic heterocycles. The van der Waals surface area contributed by atoms with Crippen molar-refractivity contribution in [3.8, 4) is 0 Å². The van der Waals surface area contributed by atoms with E-state index in [0.29, 0.717) is 22.5 Å². The molecule has 0 heterocycles. The molecule has 0 spiro atoms. The Morgan fingerprint density at radius 2 is 1.78 bits per heavy atom. The Labute approximate surface area is 118 Å². The molecule has 18 heavy (non-hydrogen) atoms. The smallest absolute Gasteiger partial charge is 0.0715 e. The van der Waals surface area contributed by atoms with Crippen molar-refractivity contribution in [2.24, 2.45) is 5.92 Å². The summed E-state index contributed by atoms with van der Waals surface area (Å²) >= 11 is 11.8. The van der Waals surface area contributed by atoms with Crippen LogP contribution in [0.4, 0.5) is 5.69 Å². The molecular formula is C14H19Cl2NO. The molecule has 2 nitrogen and oxygen atoms in total. The monoisotopic (exact) mass is 287 g/mol. The van der Waals surface area contributed by atoms with Gasteiger partial charge < -0.3 is 10.4 Å². The molecule has 1 fully saturated rings. The molecule has 1 aromatic carbocycles. The van der Waals surface area contributed by atoms with Gasteiger partial charge in [-0.3, -0.25) is 0 Å². The molecule has 1 atom stereocenters. The van der Waals surface area contributed by atoms with Gasteiger partial charge in [-0.05, 0) is 30.5 Å². The molecule has 0 bridgehead atoms. The maximum absolute atomic E-state index is 9.98. The van der Waals surface area contributed by atoms with Gasteiger partial charge in [-0.25, -0.2) is 0 Å². The van der Waals surface area contributed by atoms with Crippen molar-refractivity contribution in [3.05, 3.63) is 28.2 Å². The molecule has 1 aliphatic carbocycles. The van der Waals surface area contributed by atoms with Crippen molar-refractivity contribution >= 4 is 28.9 Å². The number of hydrogen-bond acceptors (Lipinski definition) is 2. The largest absolute Gasteiger partial charge is 0.391 e. The van der Waals surface area contributed by atoms with Crippen molar-refractivity contribution in [1.29, 1.82) is 0 Å². The minimum Gasteiger partial charge on any atom is -0.391 e. The lowest BCUT2D eigenvalue weighted by molar-refractivity contribution is 0.155. The minimum absolute atomic E-state index is 0.300. The van der Waals surface area contributed by atoms with E-state index < -0.39 is 0 Å². The van der Waals surface area contributed by atoms with Gasteiger partial charge in [0.25, 0.3) is 0 Å². The molecule has 1 aromatic rings. The van der Waals surface area contributed by atoms with E-state index in [1.54, 1.807) is 6.07 Å². The fourth-order valence-electron chi connectivity index (χ4n) is 2.61. The normalized spacial score (nSPS) is 17.9. The van der Waals surface area contributed by atoms with E-state index >= 15 is 0 Å². The highest BCUT2D eigenvalue weighted by atomic mass is 35.5. The molecule has 100 valence electrons. The average Bonchev–Trinajstić information content (AvgIpc) is 2.78. The number of aliphatic hydroxyl groups is 1. The Morgan fingerprint density at radius 3 is 2.39 bits per heavy atom. The van der Waals surface area contributed by atoms with Crippen LogP contribution in [0.15, 0.2) is 18.2 Å². The number of aliphatic hydroxyl groups excluding tert-OH is 1. The van der Waals surface area contributed by atoms with Crippen molar-refractivity contribution < 1.29 is 5.11 Å². The first-order valence-corrected chi connectivity index (χ1v) is 7.27. The van der Waals surface area contributed by atoms with E-state index in [0.717, 1.165) is 12.1 Å². The number of rotatable bonds is 5. The lowest BCUT2D eigenvalue weighted by atomic mass is 10.00. The van der Waals surface area contributed by atoms with Crippen LogP contribution in [-0.4, -0.2) is 17.8 Å². The first-order valence-electron chi connectivity index (χ1n) is 6.51. The van der Waals surface area contributed by atoms with E-state index in [1.165, 1.54) is 25.7 Å². The van der Waals surface area contributed by atoms with Crippen molar-refractivity contribution in [1.82, 2.24) is 0 Å². The molecule has 0 aliphatic heterocycles. The predicted octanol–water partition coefficient (Wildman–Crippen LogP) is 4.35. The van der Waals surface area contributed by atoms with Gasteiger partial charge in [0.1, 0.15) is 0 Å². The zero-order chi connectivity index (χ0) is 13.0. The second-order valence-electron chi connectivity index (χ2n) is 5.08. The molecular weight excluding hydrogens is 269 g/mol. The fourth-order valence-corrected chi connectivity index (χ4v) is 3.13. The van der Waals surface area contributed by atoms with Gasteiger partial charge >= 0.3 is 0 Å². The standard InChI is InChI=1S/C14H19Cl2NO/c15-11-6-12(16)8-13(7-11)17-9-14(18)5-10-3-1-2-4-10/h6-8,10,14,17-18H,1-5,9H2. The summed E-state index contributed by atoms with van der Waals surface area (Å²) in [5.41, 5.74) is 0.859. The summed E-state index contributed by atoms with van der Waals surface area (Å²) in [5.74, 6) is 0.699. The molecule has 0 radical (unpaired) electrons. The van der Waals surface area contributed by atoms with Crippen molar-refractivity contribution in [3.63, 3.8) is 0 Å². The van der Waals surface area contributed by atoms with Crippen LogP contribution in [0.25, 0.3) is 0 Å². The van der Waals surface area contributed by atoms with Crippen LogP contribution in [0.1, 0.15) is 32.1 Å². The summed E-state index contributed by atoms with van der Waals surface area (Å²) in [5, 5.41) is 14.4. The molecule has 0 amide bonds. The maximum Gasteiger partial charge on any atom is 0.0715 e. The summed E-state index contributed by atoms with van der Waals surface area (Å²) in [7, 11) is 0. The zero-order valence-corrected chi connectivity index (χ0v) is 11.8. The summed E-state index contributed by atoms with van der Waals surface area (Å²) in [6.07, 6.45) is 5.75. The van der Waals surface area contributed by atoms with Crippen LogP contribution in [0.2, 0.25) is 10.0 Å². The number of nitrogens with one attached hydrogen (secondary N) is 1. The molecule has 1 unspecified atom stereocenters. The summed E-state index contributed by atoms with van der Waals surface area (Å²) in [6, 6.07) is 5.33. The van der Waals surface area contributed by atoms with Gasteiger partial charge in [0.05, 0.1) is 6.10 Å². The van der Waals surface area contributed by atoms with E-state index in [1.807, 2.05) is 12.1 Å². The van der Waals surface area contributed by atoms with E-state index in [-0.39, 0.29) is 6.10 Å². The summed E-state index contributed by atoms with van der Waals surface area (Å²) in [4.78, 5) is 0. The van der Waals surface area contributed by atoms with Crippen LogP contribution in [0, 0.1) is 5.92 Å². The topological polar surface area (TPSA) is 32.3 Å². The third-order valence-corrected chi connectivity index (χ3v) is 3.92. The Morgan fingerprint density at radius 1 is 1.17 bits per heavy atom. The Balaban J connectivity index is 1.79. The first kappa shape index (κ1) is 14.0. The van der Waals surface area contributed by atoms with Crippen LogP contribution < -0.4 is 5.32 Å². The average molecular weight is 288 g/mol. The highest BCUT2D eigenvalue weighted by Gasteiger charge is 2.18. The van der Waals surface area contributed by atoms with E-state index in [4.69, 9.17) is 23.2 Å². The van der Waals surface area contributed by atoms with Crippen molar-refractivity contribution in [2.75, 3.05) is 11.9 Å². The maximum atomic E-state index is 9.98. The number of anilines is 1. The van der Waals surface area contributed by atoms with Gasteiger partial charge in [0, 0.05) is 22.3 Å². The Bertz CT molecular complexity index is 371. The Hall–Kier alpha value is -0.440. The highest BCUT2D eigenvalue weighted by molar-refractivity contribution is 6.35. The lowest BCUT2D eigenvalue weighted by Gasteiger charge is -2.16. The van der Waals surface area contributed by atoms with Gasteiger partial charge in [-0.2, -0.15) is 0 Å². The fraction of sp³-hybridized carbons (Fsp3) is 0.571. The van der Waals surface area contributed by atoms with Gasteiger partial charge in [0.2, 0.25) is 0 Å². The molecule has 0 saturated heterocycles. The third-order valence-electron chi connectivity index (χ3n) is 3.48. The van der Waals surface area contributed by atoms with Crippen LogP contribution in [0.3, 0.4) is 0 Å². The van der Waals surface area contributed by atoms with Crippen molar-refractivity contribution in [2.45, 2.75) is 38.2 Å². The summed E-state index contributed by atoms with van der Waals surface area (Å²) < 4.78 is 0. The molecule has 1 saturated carbocycles. The van der Waals surface area contributed by atoms with Gasteiger partial charge in [-0.1, -0.05) is 48.9 Å². The molecule has 2 rings (SSSR count). The second-order valence-corrected chi connectivity index (χ2v) is 5.95. The van der Waals surface area contributed by atoms with E-state index in [9.17, 15) is 5.11 Å². The first-order chi connectivity index (χ1) is 8.63. The zero-order valence-electron chi connectivity index (χ0n) is 10.3. The SMILES string of the molecule is OC(CNc1cc(Cl)cc(Cl)c1)CC1CCCC1. The third kappa shape index (κ3) is 4.34. The number of halogens is 2. The van der Waals surface area contributed by atoms with Crippen LogP contribution in [0.5, 0.6) is 0 Å². The van der Waals surface area contributed by atoms with Gasteiger partial charge in [0.15, 0.2) is 0 Å². The number of hydrogen-bond donors (Lipinski definition) is 2. The summed E-state index contributed by atoms with van der Waals surface area (Å²) in [6.45, 7) is 0.549. The molecule has 2 N–H and O–H groups in total. The van der Waals surface area contributed by atoms with Crippen LogP contribution >= 0.6 is 23.2 Å². The highest BCUT2D eigenvalue weighted by Crippen LogP contribution is 2.29. The molecule has 4 heteroatoms. The lowest BCUT2D eigenvalue weighted by Crippen LogP contribution is -2.22. The second kappa shape index (κ2) is 6.65. The minimum atomic E-state index is -0.300. The quantitative estimate of drug-likeness (QED) is 0.844. The number of benzene rings is 1. The predicted molar refractivity (Wildman–Crippen MR) is 77.5 cm³/mol. The van der Waals surface area contributed by atoms with Crippen LogP contribution in [-0.2, 0) is 0 Å². The van der Waals surface area contributed by atoms with E-state index in [2.05, 4.69) is 5.32 Å². The molecule has 1 aliphatic rings.